The number of pyridine rings is 1. The standard InChI is InChI=1S/C17H16Cl2N4O3S2/c18-11-6-20-7-12(19)15(11)28-17-13(23(25)26)5-14(27-17)16(24)21-9-3-4-22(8-9)10-1-2-10/h5-7,9-10H,1-4,8H2,(H,21,24). The molecule has 2 aromatic rings. The van der Waals surface area contributed by atoms with E-state index in [9.17, 15) is 14.9 Å². The zero-order valence-electron chi connectivity index (χ0n) is 14.6. The summed E-state index contributed by atoms with van der Waals surface area (Å²) in [6, 6.07) is 2.07. The summed E-state index contributed by atoms with van der Waals surface area (Å²) in [4.78, 5) is 30.7. The Labute approximate surface area is 179 Å². The number of carbonyl (C=O) groups is 1. The topological polar surface area (TPSA) is 88.4 Å². The molecular formula is C17H16Cl2N4O3S2. The highest BCUT2D eigenvalue weighted by molar-refractivity contribution is 8.01. The van der Waals surface area contributed by atoms with Crippen LogP contribution in [-0.2, 0) is 0 Å². The molecular weight excluding hydrogens is 443 g/mol. The maximum absolute atomic E-state index is 12.7. The van der Waals surface area contributed by atoms with E-state index in [1.54, 1.807) is 0 Å². The molecule has 2 aromatic heterocycles. The Morgan fingerprint density at radius 2 is 2.04 bits per heavy atom. The fourth-order valence-electron chi connectivity index (χ4n) is 3.20. The summed E-state index contributed by atoms with van der Waals surface area (Å²) in [5.41, 5.74) is -0.130. The third kappa shape index (κ3) is 4.28. The Morgan fingerprint density at radius 1 is 1.32 bits per heavy atom. The average Bonchev–Trinajstić information content (AvgIpc) is 3.23. The second-order valence-corrected chi connectivity index (χ2v) is 9.91. The number of thiophene rings is 1. The van der Waals surface area contributed by atoms with Crippen molar-refractivity contribution in [2.45, 2.75) is 40.5 Å². The predicted molar refractivity (Wildman–Crippen MR) is 110 cm³/mol. The number of nitrogens with one attached hydrogen (secondary N) is 1. The first-order valence-corrected chi connectivity index (χ1v) is 11.1. The van der Waals surface area contributed by atoms with Crippen LogP contribution in [0.4, 0.5) is 5.69 Å². The lowest BCUT2D eigenvalue weighted by Gasteiger charge is -2.15. The molecule has 0 radical (unpaired) electrons. The molecule has 1 aliphatic carbocycles. The van der Waals surface area contributed by atoms with Gasteiger partial charge in [-0.15, -0.1) is 11.3 Å². The SMILES string of the molecule is O=C(NC1CCN(C2CC2)C1)c1cc([N+](=O)[O-])c(Sc2c(Cl)cncc2Cl)s1. The number of nitrogens with zero attached hydrogens (tertiary/aromatic N) is 3. The zero-order valence-corrected chi connectivity index (χ0v) is 17.7. The van der Waals surface area contributed by atoms with Gasteiger partial charge in [-0.3, -0.25) is 24.8 Å². The molecule has 1 N–H and O–H groups in total. The predicted octanol–water partition coefficient (Wildman–Crippen LogP) is 4.48. The van der Waals surface area contributed by atoms with Crippen LogP contribution in [-0.4, -0.2) is 45.9 Å². The lowest BCUT2D eigenvalue weighted by atomic mass is 10.2. The second-order valence-electron chi connectivity index (χ2n) is 6.76. The minimum absolute atomic E-state index is 0.0782. The molecule has 1 unspecified atom stereocenters. The molecule has 3 heterocycles. The summed E-state index contributed by atoms with van der Waals surface area (Å²) >= 11 is 14.4. The van der Waals surface area contributed by atoms with Gasteiger partial charge in [0, 0.05) is 43.6 Å². The quantitative estimate of drug-likeness (QED) is 0.507. The Kier molecular flexibility index (Phi) is 5.80. The highest BCUT2D eigenvalue weighted by atomic mass is 35.5. The first-order chi connectivity index (χ1) is 13.4. The Hall–Kier alpha value is -1.39. The van der Waals surface area contributed by atoms with Crippen LogP contribution in [0.3, 0.4) is 0 Å². The van der Waals surface area contributed by atoms with Crippen molar-refractivity contribution in [1.29, 1.82) is 0 Å². The molecule has 2 fully saturated rings. The van der Waals surface area contributed by atoms with E-state index < -0.39 is 4.92 Å². The second kappa shape index (κ2) is 8.16. The van der Waals surface area contributed by atoms with Crippen molar-refractivity contribution >= 4 is 57.9 Å². The average molecular weight is 459 g/mol. The summed E-state index contributed by atoms with van der Waals surface area (Å²) in [6.07, 6.45) is 6.22. The van der Waals surface area contributed by atoms with Crippen LogP contribution < -0.4 is 5.32 Å². The fourth-order valence-corrected chi connectivity index (χ4v) is 5.97. The first kappa shape index (κ1) is 19.9. The van der Waals surface area contributed by atoms with E-state index in [4.69, 9.17) is 23.2 Å². The van der Waals surface area contributed by atoms with Gasteiger partial charge in [0.15, 0.2) is 0 Å². The molecule has 1 atom stereocenters. The van der Waals surface area contributed by atoms with Crippen LogP contribution in [0.2, 0.25) is 10.0 Å². The fraction of sp³-hybridized carbons (Fsp3) is 0.412. The number of halogens is 2. The van der Waals surface area contributed by atoms with E-state index in [-0.39, 0.29) is 17.6 Å². The maximum Gasteiger partial charge on any atom is 0.294 e. The lowest BCUT2D eigenvalue weighted by Crippen LogP contribution is -2.37. The van der Waals surface area contributed by atoms with E-state index in [0.717, 1.165) is 42.6 Å². The summed E-state index contributed by atoms with van der Waals surface area (Å²) in [5, 5.41) is 15.1. The first-order valence-electron chi connectivity index (χ1n) is 8.72. The third-order valence-electron chi connectivity index (χ3n) is 4.72. The number of hydrogen-bond acceptors (Lipinski definition) is 7. The molecule has 1 saturated carbocycles. The van der Waals surface area contributed by atoms with Crippen molar-refractivity contribution < 1.29 is 9.72 Å². The van der Waals surface area contributed by atoms with Crippen molar-refractivity contribution in [3.05, 3.63) is 43.5 Å². The minimum Gasteiger partial charge on any atom is -0.347 e. The molecule has 11 heteroatoms. The van der Waals surface area contributed by atoms with Crippen LogP contribution in [0.1, 0.15) is 28.9 Å². The third-order valence-corrected chi connectivity index (χ3v) is 7.98. The Morgan fingerprint density at radius 3 is 2.68 bits per heavy atom. The molecule has 148 valence electrons. The van der Waals surface area contributed by atoms with Crippen LogP contribution >= 0.6 is 46.3 Å². The van der Waals surface area contributed by atoms with Crippen LogP contribution in [0, 0.1) is 10.1 Å². The van der Waals surface area contributed by atoms with Crippen LogP contribution in [0.15, 0.2) is 27.6 Å². The summed E-state index contributed by atoms with van der Waals surface area (Å²) in [5.74, 6) is -0.283. The van der Waals surface area contributed by atoms with Gasteiger partial charge in [-0.25, -0.2) is 0 Å². The maximum atomic E-state index is 12.7. The molecule has 0 aromatic carbocycles. The highest BCUT2D eigenvalue weighted by Gasteiger charge is 2.35. The van der Waals surface area contributed by atoms with Gasteiger partial charge in [0.1, 0.15) is 9.09 Å². The summed E-state index contributed by atoms with van der Waals surface area (Å²) < 4.78 is 0.358. The number of nitro groups is 1. The molecule has 1 saturated heterocycles. The number of hydrogen-bond donors (Lipinski definition) is 1. The Bertz CT molecular complexity index is 915. The van der Waals surface area contributed by atoms with Gasteiger partial charge in [-0.05, 0) is 19.3 Å². The number of amides is 1. The van der Waals surface area contributed by atoms with Gasteiger partial charge in [0.05, 0.1) is 19.9 Å². The molecule has 0 bridgehead atoms. The number of rotatable bonds is 6. The molecule has 1 amide bonds. The normalized spacial score (nSPS) is 19.7. The zero-order chi connectivity index (χ0) is 19.8. The molecule has 1 aliphatic heterocycles. The van der Waals surface area contributed by atoms with Crippen LogP contribution in [0.5, 0.6) is 0 Å². The van der Waals surface area contributed by atoms with E-state index in [1.165, 1.54) is 31.3 Å². The Balaban J connectivity index is 1.51. The number of aromatic nitrogens is 1. The molecule has 28 heavy (non-hydrogen) atoms. The van der Waals surface area contributed by atoms with E-state index in [1.807, 2.05) is 0 Å². The van der Waals surface area contributed by atoms with Gasteiger partial charge in [0.2, 0.25) is 0 Å². The largest absolute Gasteiger partial charge is 0.347 e. The van der Waals surface area contributed by atoms with E-state index in [2.05, 4.69) is 15.2 Å². The van der Waals surface area contributed by atoms with Gasteiger partial charge < -0.3 is 5.32 Å². The van der Waals surface area contributed by atoms with Gasteiger partial charge in [-0.1, -0.05) is 35.0 Å². The molecule has 4 rings (SSSR count). The van der Waals surface area contributed by atoms with Gasteiger partial charge in [0.25, 0.3) is 11.6 Å². The monoisotopic (exact) mass is 458 g/mol. The van der Waals surface area contributed by atoms with Crippen molar-refractivity contribution in [3.8, 4) is 0 Å². The number of carbonyl (C=O) groups excluding carboxylic acids is 1. The minimum atomic E-state index is -0.497. The molecule has 2 aliphatic rings. The molecule has 0 spiro atoms. The molecule has 7 nitrogen and oxygen atoms in total. The van der Waals surface area contributed by atoms with Crippen molar-refractivity contribution in [3.63, 3.8) is 0 Å². The summed E-state index contributed by atoms with van der Waals surface area (Å²) in [7, 11) is 0. The van der Waals surface area contributed by atoms with Crippen molar-refractivity contribution in [2.75, 3.05) is 13.1 Å². The highest BCUT2D eigenvalue weighted by Crippen LogP contribution is 2.45. The van der Waals surface area contributed by atoms with E-state index >= 15 is 0 Å². The van der Waals surface area contributed by atoms with Gasteiger partial charge in [-0.2, -0.15) is 0 Å². The van der Waals surface area contributed by atoms with E-state index in [0.29, 0.717) is 30.1 Å². The van der Waals surface area contributed by atoms with Crippen molar-refractivity contribution in [2.24, 2.45) is 0 Å². The smallest absolute Gasteiger partial charge is 0.294 e. The lowest BCUT2D eigenvalue weighted by molar-refractivity contribution is -0.387. The summed E-state index contributed by atoms with van der Waals surface area (Å²) in [6.45, 7) is 1.83. The number of likely N-dealkylation sites (tertiary alicyclic amines) is 1. The van der Waals surface area contributed by atoms with Crippen molar-refractivity contribution in [1.82, 2.24) is 15.2 Å². The van der Waals surface area contributed by atoms with Crippen LogP contribution in [0.25, 0.3) is 0 Å². The van der Waals surface area contributed by atoms with Gasteiger partial charge >= 0.3 is 0 Å².